The van der Waals surface area contributed by atoms with Crippen LogP contribution in [0.1, 0.15) is 10.6 Å². The molecule has 10 heavy (non-hydrogen) atoms. The molecule has 0 saturated heterocycles. The van der Waals surface area contributed by atoms with Crippen LogP contribution in [0.2, 0.25) is 0 Å². The number of rotatable bonds is 1. The molecule has 0 aliphatic carbocycles. The third-order valence-corrected chi connectivity index (χ3v) is 2.34. The summed E-state index contributed by atoms with van der Waals surface area (Å²) in [5, 5.41) is 8.36. The van der Waals surface area contributed by atoms with Gasteiger partial charge in [0.15, 0.2) is 17.3 Å². The molecule has 4 nitrogen and oxygen atoms in total. The van der Waals surface area contributed by atoms with E-state index in [1.807, 2.05) is 4.57 Å². The second-order valence-electron chi connectivity index (χ2n) is 1.96. The van der Waals surface area contributed by atoms with Crippen LogP contribution in [0.25, 0.3) is 0 Å². The lowest BCUT2D eigenvalue weighted by atomic mass is 10.6. The lowest BCUT2D eigenvalue weighted by molar-refractivity contribution is 0.111. The molecule has 0 saturated carbocycles. The van der Waals surface area contributed by atoms with Crippen LogP contribution in [0, 0.1) is 0 Å². The van der Waals surface area contributed by atoms with E-state index in [4.69, 9.17) is 0 Å². The molecule has 2 heterocycles. The van der Waals surface area contributed by atoms with Crippen LogP contribution in [-0.4, -0.2) is 26.8 Å². The van der Waals surface area contributed by atoms with Gasteiger partial charge in [-0.15, -0.1) is 10.2 Å². The molecule has 2 rings (SSSR count). The summed E-state index contributed by atoms with van der Waals surface area (Å²) < 4.78 is 1.83. The van der Waals surface area contributed by atoms with Gasteiger partial charge >= 0.3 is 0 Å². The molecule has 0 N–H and O–H groups in total. The highest BCUT2D eigenvalue weighted by molar-refractivity contribution is 7.99. The molecule has 0 fully saturated rings. The summed E-state index contributed by atoms with van der Waals surface area (Å²) >= 11 is 1.63. The molecule has 1 aliphatic heterocycles. The number of nitrogens with zero attached hydrogens (tertiary/aromatic N) is 3. The van der Waals surface area contributed by atoms with E-state index in [1.165, 1.54) is 0 Å². The predicted molar refractivity (Wildman–Crippen MR) is 36.1 cm³/mol. The maximum absolute atomic E-state index is 10.3. The van der Waals surface area contributed by atoms with Crippen molar-refractivity contribution in [1.82, 2.24) is 14.8 Å². The summed E-state index contributed by atoms with van der Waals surface area (Å²) in [6.45, 7) is 0.862. The molecule has 5 heteroatoms. The van der Waals surface area contributed by atoms with Crippen molar-refractivity contribution < 1.29 is 4.79 Å². The van der Waals surface area contributed by atoms with Crippen molar-refractivity contribution in [2.24, 2.45) is 0 Å². The summed E-state index contributed by atoms with van der Waals surface area (Å²) in [5.41, 5.74) is 0. The molecule has 1 aromatic rings. The molecule has 1 aromatic heterocycles. The number of fused-ring (bicyclic) bond motifs is 1. The van der Waals surface area contributed by atoms with Crippen molar-refractivity contribution in [1.29, 1.82) is 0 Å². The fraction of sp³-hybridized carbons (Fsp3) is 0.400. The van der Waals surface area contributed by atoms with Crippen LogP contribution >= 0.6 is 11.8 Å². The third-order valence-electron chi connectivity index (χ3n) is 1.40. The van der Waals surface area contributed by atoms with Crippen LogP contribution in [0.3, 0.4) is 0 Å². The largest absolute Gasteiger partial charge is 0.299 e. The van der Waals surface area contributed by atoms with Gasteiger partial charge in [-0.3, -0.25) is 9.36 Å². The van der Waals surface area contributed by atoms with Gasteiger partial charge in [0.1, 0.15) is 0 Å². The van der Waals surface area contributed by atoms with E-state index >= 15 is 0 Å². The molecule has 0 atom stereocenters. The van der Waals surface area contributed by atoms with Crippen LogP contribution in [0.15, 0.2) is 5.16 Å². The predicted octanol–water partition coefficient (Wildman–Crippen LogP) is 0.196. The standard InChI is InChI=1S/C5H5N3OS/c9-3-4-6-7-5-8(4)1-2-10-5/h3H,1-2H2. The Morgan fingerprint density at radius 3 is 3.30 bits per heavy atom. The van der Waals surface area contributed by atoms with E-state index in [9.17, 15) is 4.79 Å². The first-order valence-corrected chi connectivity index (χ1v) is 3.91. The zero-order valence-corrected chi connectivity index (χ0v) is 5.97. The Balaban J connectivity index is 2.53. The molecule has 0 amide bonds. The average molecular weight is 155 g/mol. The molecular weight excluding hydrogens is 150 g/mol. The van der Waals surface area contributed by atoms with Crippen LogP contribution in [-0.2, 0) is 6.54 Å². The Morgan fingerprint density at radius 2 is 2.50 bits per heavy atom. The highest BCUT2D eigenvalue weighted by Crippen LogP contribution is 2.22. The van der Waals surface area contributed by atoms with E-state index in [0.717, 1.165) is 23.7 Å². The zero-order valence-electron chi connectivity index (χ0n) is 5.15. The van der Waals surface area contributed by atoms with E-state index in [-0.39, 0.29) is 0 Å². The SMILES string of the molecule is O=Cc1nnc2n1CCS2. The van der Waals surface area contributed by atoms with Crippen molar-refractivity contribution in [2.75, 3.05) is 5.75 Å². The number of carbonyl (C=O) groups excluding carboxylic acids is 1. The van der Waals surface area contributed by atoms with Crippen LogP contribution in [0.5, 0.6) is 0 Å². The average Bonchev–Trinajstić information content (AvgIpc) is 2.44. The summed E-state index contributed by atoms with van der Waals surface area (Å²) in [6, 6.07) is 0. The quantitative estimate of drug-likeness (QED) is 0.543. The molecule has 0 aromatic carbocycles. The monoisotopic (exact) mass is 155 g/mol. The van der Waals surface area contributed by atoms with E-state index in [2.05, 4.69) is 10.2 Å². The van der Waals surface area contributed by atoms with E-state index in [0.29, 0.717) is 5.82 Å². The van der Waals surface area contributed by atoms with Gasteiger partial charge in [-0.25, -0.2) is 0 Å². The fourth-order valence-corrected chi connectivity index (χ4v) is 1.83. The highest BCUT2D eigenvalue weighted by atomic mass is 32.2. The minimum atomic E-state index is 0.444. The van der Waals surface area contributed by atoms with Gasteiger partial charge in [0.2, 0.25) is 0 Å². The Morgan fingerprint density at radius 1 is 1.60 bits per heavy atom. The summed E-state index contributed by atoms with van der Waals surface area (Å²) in [7, 11) is 0. The maximum atomic E-state index is 10.3. The smallest absolute Gasteiger partial charge is 0.197 e. The van der Waals surface area contributed by atoms with Crippen molar-refractivity contribution in [3.8, 4) is 0 Å². The van der Waals surface area contributed by atoms with Crippen molar-refractivity contribution >= 4 is 18.0 Å². The molecular formula is C5H5N3OS. The van der Waals surface area contributed by atoms with Gasteiger partial charge in [0.05, 0.1) is 0 Å². The van der Waals surface area contributed by atoms with Gasteiger partial charge in [-0.05, 0) is 0 Å². The number of hydrogen-bond acceptors (Lipinski definition) is 4. The fourth-order valence-electron chi connectivity index (χ4n) is 0.932. The lowest BCUT2D eigenvalue weighted by Gasteiger charge is -1.90. The zero-order chi connectivity index (χ0) is 6.97. The number of aromatic nitrogens is 3. The second kappa shape index (κ2) is 2.09. The Hall–Kier alpha value is -0.840. The number of hydrogen-bond donors (Lipinski definition) is 0. The molecule has 0 unspecified atom stereocenters. The number of carbonyl (C=O) groups is 1. The van der Waals surface area contributed by atoms with E-state index in [1.54, 1.807) is 11.8 Å². The van der Waals surface area contributed by atoms with Crippen LogP contribution < -0.4 is 0 Å². The highest BCUT2D eigenvalue weighted by Gasteiger charge is 2.16. The van der Waals surface area contributed by atoms with Gasteiger partial charge < -0.3 is 0 Å². The lowest BCUT2D eigenvalue weighted by Crippen LogP contribution is -1.99. The third kappa shape index (κ3) is 0.668. The Bertz CT molecular complexity index is 270. The van der Waals surface area contributed by atoms with Crippen molar-refractivity contribution in [3.05, 3.63) is 5.82 Å². The van der Waals surface area contributed by atoms with Gasteiger partial charge in [0, 0.05) is 12.3 Å². The number of thioether (sulfide) groups is 1. The first-order chi connectivity index (χ1) is 4.92. The topological polar surface area (TPSA) is 47.8 Å². The minimum absolute atomic E-state index is 0.444. The Kier molecular flexibility index (Phi) is 1.23. The molecule has 0 radical (unpaired) electrons. The van der Waals surface area contributed by atoms with Crippen molar-refractivity contribution in [2.45, 2.75) is 11.7 Å². The summed E-state index contributed by atoms with van der Waals surface area (Å²) in [6.07, 6.45) is 0.738. The second-order valence-corrected chi connectivity index (χ2v) is 3.02. The summed E-state index contributed by atoms with van der Waals surface area (Å²) in [4.78, 5) is 10.3. The first-order valence-electron chi connectivity index (χ1n) is 2.93. The van der Waals surface area contributed by atoms with Gasteiger partial charge in [-0.2, -0.15) is 0 Å². The molecule has 1 aliphatic rings. The van der Waals surface area contributed by atoms with E-state index < -0.39 is 0 Å². The number of aldehydes is 1. The molecule has 52 valence electrons. The van der Waals surface area contributed by atoms with Crippen molar-refractivity contribution in [3.63, 3.8) is 0 Å². The molecule has 0 bridgehead atoms. The normalized spacial score (nSPS) is 15.2. The van der Waals surface area contributed by atoms with Gasteiger partial charge in [0.25, 0.3) is 0 Å². The molecule has 0 spiro atoms. The minimum Gasteiger partial charge on any atom is -0.299 e. The van der Waals surface area contributed by atoms with Gasteiger partial charge in [-0.1, -0.05) is 11.8 Å². The Labute approximate surface area is 61.6 Å². The van der Waals surface area contributed by atoms with Crippen LogP contribution in [0.4, 0.5) is 0 Å². The first kappa shape index (κ1) is 5.91. The summed E-state index contributed by atoms with van der Waals surface area (Å²) in [5.74, 6) is 1.45. The maximum Gasteiger partial charge on any atom is 0.197 e.